The Morgan fingerprint density at radius 3 is 1.88 bits per heavy atom. The van der Waals surface area contributed by atoms with E-state index in [1.807, 2.05) is 0 Å². The van der Waals surface area contributed by atoms with Crippen molar-refractivity contribution in [3.8, 4) is 0 Å². The zero-order valence-electron chi connectivity index (χ0n) is 5.54. The average Bonchev–Trinajstić information content (AvgIpc) is 1.67. The van der Waals surface area contributed by atoms with Crippen molar-refractivity contribution in [1.82, 2.24) is 0 Å². The summed E-state index contributed by atoms with van der Waals surface area (Å²) in [6.07, 6.45) is 0. The number of hydrogen-bond donors (Lipinski definition) is 0. The minimum Gasteiger partial charge on any atom is -0.0913 e. The molecule has 0 aliphatic rings. The fourth-order valence-electron chi connectivity index (χ4n) is 0.154. The largest absolute Gasteiger partial charge is 0.0913 e. The topological polar surface area (TPSA) is 0 Å². The molecule has 0 rings (SSSR count). The van der Waals surface area contributed by atoms with Crippen molar-refractivity contribution in [3.63, 3.8) is 0 Å². The van der Waals surface area contributed by atoms with E-state index in [-0.39, 0.29) is 4.32 Å². The molecule has 0 aromatic rings. The summed E-state index contributed by atoms with van der Waals surface area (Å²) in [4.78, 5) is 0. The van der Waals surface area contributed by atoms with E-state index in [0.29, 0.717) is 5.92 Å². The summed E-state index contributed by atoms with van der Waals surface area (Å²) < 4.78 is 0.271. The molecule has 0 aliphatic carbocycles. The molecule has 8 heavy (non-hydrogen) atoms. The molecule has 1 atom stereocenters. The summed E-state index contributed by atoms with van der Waals surface area (Å²) in [6, 6.07) is 0. The third kappa shape index (κ3) is 2.49. The Balaban J connectivity index is 3.71. The Labute approximate surface area is 68.3 Å². The lowest BCUT2D eigenvalue weighted by Crippen LogP contribution is -2.24. The molecule has 0 spiro atoms. The third-order valence-electron chi connectivity index (χ3n) is 1.47. The van der Waals surface area contributed by atoms with Crippen LogP contribution in [0.3, 0.4) is 0 Å². The molecule has 50 valence electrons. The standard InChI is InChI=1S/C6H12Br2/c1-5(2)6(3,8)4-7/h5H,4H2,1-3H3. The summed E-state index contributed by atoms with van der Waals surface area (Å²) in [6.45, 7) is 6.60. The van der Waals surface area contributed by atoms with Crippen LogP contribution in [0.4, 0.5) is 0 Å². The van der Waals surface area contributed by atoms with Crippen LogP contribution in [0.2, 0.25) is 0 Å². The van der Waals surface area contributed by atoms with Crippen molar-refractivity contribution in [2.24, 2.45) is 5.92 Å². The van der Waals surface area contributed by atoms with Crippen molar-refractivity contribution in [3.05, 3.63) is 0 Å². The van der Waals surface area contributed by atoms with Crippen molar-refractivity contribution in [2.75, 3.05) is 5.33 Å². The number of rotatable bonds is 2. The van der Waals surface area contributed by atoms with Gasteiger partial charge in [0.2, 0.25) is 0 Å². The molecule has 0 bridgehead atoms. The lowest BCUT2D eigenvalue weighted by atomic mass is 10.0. The van der Waals surface area contributed by atoms with Gasteiger partial charge in [-0.25, -0.2) is 0 Å². The molecule has 0 N–H and O–H groups in total. The van der Waals surface area contributed by atoms with E-state index in [1.54, 1.807) is 0 Å². The Kier molecular flexibility index (Phi) is 3.60. The van der Waals surface area contributed by atoms with E-state index in [0.717, 1.165) is 5.33 Å². The summed E-state index contributed by atoms with van der Waals surface area (Å²) in [5, 5.41) is 1.01. The van der Waals surface area contributed by atoms with Crippen molar-refractivity contribution in [2.45, 2.75) is 25.1 Å². The van der Waals surface area contributed by atoms with E-state index in [4.69, 9.17) is 0 Å². The van der Waals surface area contributed by atoms with Gasteiger partial charge in [0.25, 0.3) is 0 Å². The van der Waals surface area contributed by atoms with Gasteiger partial charge in [0, 0.05) is 9.65 Å². The average molecular weight is 244 g/mol. The van der Waals surface area contributed by atoms with E-state index < -0.39 is 0 Å². The van der Waals surface area contributed by atoms with Crippen LogP contribution in [0.5, 0.6) is 0 Å². The summed E-state index contributed by atoms with van der Waals surface area (Å²) in [5.41, 5.74) is 0. The van der Waals surface area contributed by atoms with Crippen LogP contribution in [0.15, 0.2) is 0 Å². The summed E-state index contributed by atoms with van der Waals surface area (Å²) in [5.74, 6) is 0.682. The second-order valence-electron chi connectivity index (χ2n) is 2.57. The van der Waals surface area contributed by atoms with E-state index in [2.05, 4.69) is 52.6 Å². The van der Waals surface area contributed by atoms with Gasteiger partial charge >= 0.3 is 0 Å². The van der Waals surface area contributed by atoms with E-state index >= 15 is 0 Å². The highest BCUT2D eigenvalue weighted by atomic mass is 79.9. The van der Waals surface area contributed by atoms with Gasteiger partial charge in [0.15, 0.2) is 0 Å². The van der Waals surface area contributed by atoms with Gasteiger partial charge in [-0.2, -0.15) is 0 Å². The van der Waals surface area contributed by atoms with Crippen molar-refractivity contribution in [1.29, 1.82) is 0 Å². The molecule has 1 unspecified atom stereocenters. The smallest absolute Gasteiger partial charge is 0.0349 e. The minimum absolute atomic E-state index is 0.271. The predicted molar refractivity (Wildman–Crippen MR) is 46.0 cm³/mol. The molecular weight excluding hydrogens is 232 g/mol. The maximum atomic E-state index is 3.60. The van der Waals surface area contributed by atoms with Gasteiger partial charge in [-0.05, 0) is 12.8 Å². The van der Waals surface area contributed by atoms with Crippen LogP contribution < -0.4 is 0 Å². The fourth-order valence-corrected chi connectivity index (χ4v) is 0.802. The first-order chi connectivity index (χ1) is 3.50. The fraction of sp³-hybridized carbons (Fsp3) is 1.00. The van der Waals surface area contributed by atoms with Crippen LogP contribution in [0.1, 0.15) is 20.8 Å². The van der Waals surface area contributed by atoms with Gasteiger partial charge in [0.05, 0.1) is 0 Å². The lowest BCUT2D eigenvalue weighted by Gasteiger charge is -2.23. The highest BCUT2D eigenvalue weighted by molar-refractivity contribution is 9.12. The van der Waals surface area contributed by atoms with Gasteiger partial charge in [-0.1, -0.05) is 45.7 Å². The molecule has 0 saturated carbocycles. The maximum absolute atomic E-state index is 3.60. The highest BCUT2D eigenvalue weighted by Crippen LogP contribution is 2.28. The first-order valence-corrected chi connectivity index (χ1v) is 4.67. The summed E-state index contributed by atoms with van der Waals surface area (Å²) >= 11 is 7.02. The zero-order chi connectivity index (χ0) is 6.78. The zero-order valence-corrected chi connectivity index (χ0v) is 8.71. The third-order valence-corrected chi connectivity index (χ3v) is 4.58. The van der Waals surface area contributed by atoms with Crippen LogP contribution in [0.25, 0.3) is 0 Å². The first kappa shape index (κ1) is 8.96. The normalized spacial score (nSPS) is 18.8. The Bertz CT molecular complexity index is 66.9. The molecule has 0 aromatic carbocycles. The molecule has 0 radical (unpaired) electrons. The van der Waals surface area contributed by atoms with Crippen LogP contribution >= 0.6 is 31.9 Å². The maximum Gasteiger partial charge on any atom is 0.0349 e. The van der Waals surface area contributed by atoms with Crippen LogP contribution in [-0.4, -0.2) is 9.65 Å². The van der Waals surface area contributed by atoms with Gasteiger partial charge in [-0.3, -0.25) is 0 Å². The first-order valence-electron chi connectivity index (χ1n) is 2.75. The molecule has 0 amide bonds. The lowest BCUT2D eigenvalue weighted by molar-refractivity contribution is 0.524. The molecule has 2 heteroatoms. The number of alkyl halides is 2. The van der Waals surface area contributed by atoms with Crippen LogP contribution in [0, 0.1) is 5.92 Å². The van der Waals surface area contributed by atoms with Crippen LogP contribution in [-0.2, 0) is 0 Å². The minimum atomic E-state index is 0.271. The van der Waals surface area contributed by atoms with E-state index in [1.165, 1.54) is 0 Å². The van der Waals surface area contributed by atoms with Gasteiger partial charge in [-0.15, -0.1) is 0 Å². The second-order valence-corrected chi connectivity index (χ2v) is 4.94. The Morgan fingerprint density at radius 1 is 1.50 bits per heavy atom. The van der Waals surface area contributed by atoms with Crippen molar-refractivity contribution < 1.29 is 0 Å². The van der Waals surface area contributed by atoms with Gasteiger partial charge in [0.1, 0.15) is 0 Å². The number of halogens is 2. The highest BCUT2D eigenvalue weighted by Gasteiger charge is 2.22. The van der Waals surface area contributed by atoms with Gasteiger partial charge < -0.3 is 0 Å². The molecule has 0 fully saturated rings. The Hall–Kier alpha value is 0.960. The molecule has 0 saturated heterocycles. The molecule has 0 heterocycles. The number of hydrogen-bond acceptors (Lipinski definition) is 0. The predicted octanol–water partition coefficient (Wildman–Crippen LogP) is 3.19. The molecule has 0 aromatic heterocycles. The molecular formula is C6H12Br2. The Morgan fingerprint density at radius 2 is 1.88 bits per heavy atom. The molecule has 0 aliphatic heterocycles. The quantitative estimate of drug-likeness (QED) is 0.654. The van der Waals surface area contributed by atoms with E-state index in [9.17, 15) is 0 Å². The molecule has 0 nitrogen and oxygen atoms in total. The monoisotopic (exact) mass is 242 g/mol. The SMILES string of the molecule is CC(C)C(C)(Br)CBr. The summed E-state index contributed by atoms with van der Waals surface area (Å²) in [7, 11) is 0. The van der Waals surface area contributed by atoms with Crippen molar-refractivity contribution >= 4 is 31.9 Å². The second kappa shape index (κ2) is 3.21.